The number of fused-ring (bicyclic) bond motifs is 1. The summed E-state index contributed by atoms with van der Waals surface area (Å²) in [6, 6.07) is 18.0. The smallest absolute Gasteiger partial charge is 0.246 e. The Hall–Kier alpha value is -2.99. The summed E-state index contributed by atoms with van der Waals surface area (Å²) in [5.41, 5.74) is 5.21. The van der Waals surface area contributed by atoms with E-state index in [1.165, 1.54) is 0 Å². The maximum atomic E-state index is 4.74. The van der Waals surface area contributed by atoms with Gasteiger partial charge in [0.2, 0.25) is 5.62 Å². The molecular weight excluding hydrogens is 336 g/mol. The number of benzene rings is 2. The molecule has 0 atom stereocenters. The van der Waals surface area contributed by atoms with Crippen LogP contribution in [-0.4, -0.2) is 25.8 Å². The van der Waals surface area contributed by atoms with Gasteiger partial charge in [0, 0.05) is 25.2 Å². The number of halogens is 1. The average molecular weight is 353 g/mol. The van der Waals surface area contributed by atoms with E-state index in [4.69, 9.17) is 4.99 Å². The van der Waals surface area contributed by atoms with E-state index in [1.54, 1.807) is 11.0 Å². The molecule has 0 saturated heterocycles. The van der Waals surface area contributed by atoms with Gasteiger partial charge in [0.05, 0.1) is 11.4 Å². The lowest BCUT2D eigenvalue weighted by molar-refractivity contribution is 0.679. The molecule has 0 radical (unpaired) electrons. The number of aryl methyl sites for hydroxylation is 2. The monoisotopic (exact) mass is 352 g/mol. The summed E-state index contributed by atoms with van der Waals surface area (Å²) in [7, 11) is 3.73. The third-order valence-electron chi connectivity index (χ3n) is 3.91. The molecule has 0 bridgehead atoms. The Kier molecular flexibility index (Phi) is 4.63. The molecule has 7 heteroatoms. The molecule has 0 fully saturated rings. The Balaban J connectivity index is 0.00000182. The molecule has 1 aliphatic rings. The summed E-state index contributed by atoms with van der Waals surface area (Å²) < 4.78 is 3.51. The molecule has 0 N–H and O–H groups in total. The Morgan fingerprint density at radius 3 is 2.32 bits per heavy atom. The van der Waals surface area contributed by atoms with Gasteiger partial charge in [0.1, 0.15) is 12.0 Å². The second kappa shape index (κ2) is 6.86. The van der Waals surface area contributed by atoms with E-state index >= 15 is 0 Å². The van der Waals surface area contributed by atoms with Crippen LogP contribution in [0, 0.1) is 0 Å². The number of aliphatic imine (C=N–C) groups is 1. The van der Waals surface area contributed by atoms with Gasteiger partial charge >= 0.3 is 0 Å². The fraction of sp³-hybridized carbons (Fsp3) is 0.111. The van der Waals surface area contributed by atoms with Gasteiger partial charge in [0.15, 0.2) is 0 Å². The lowest BCUT2D eigenvalue weighted by Gasteiger charge is -2.02. The van der Waals surface area contributed by atoms with Crippen LogP contribution in [0.4, 0.5) is 5.69 Å². The quantitative estimate of drug-likeness (QED) is 0.654. The van der Waals surface area contributed by atoms with Crippen LogP contribution in [0.1, 0.15) is 11.1 Å². The summed E-state index contributed by atoms with van der Waals surface area (Å²) in [6.07, 6.45) is 1.70. The molecule has 3 aromatic rings. The zero-order valence-corrected chi connectivity index (χ0v) is 14.7. The number of nitrogens with zero attached hydrogens (tertiary/aromatic N) is 6. The fourth-order valence-electron chi connectivity index (χ4n) is 2.69. The van der Waals surface area contributed by atoms with Crippen LogP contribution in [-0.2, 0) is 14.1 Å². The number of aromatic nitrogens is 3. The van der Waals surface area contributed by atoms with Gasteiger partial charge in [-0.3, -0.25) is 0 Å². The second-order valence-corrected chi connectivity index (χ2v) is 5.56. The van der Waals surface area contributed by atoms with Gasteiger partial charge in [-0.1, -0.05) is 48.5 Å². The van der Waals surface area contributed by atoms with Crippen molar-refractivity contribution in [2.75, 3.05) is 0 Å². The van der Waals surface area contributed by atoms with Crippen LogP contribution in [0.5, 0.6) is 0 Å². The topological polar surface area (TPSA) is 59.8 Å². The summed E-state index contributed by atoms with van der Waals surface area (Å²) in [4.78, 5) is 4.74. The van der Waals surface area contributed by atoms with Gasteiger partial charge in [-0.15, -0.1) is 22.6 Å². The van der Waals surface area contributed by atoms with Crippen LogP contribution in [0.15, 0.2) is 76.1 Å². The first-order valence-corrected chi connectivity index (χ1v) is 7.64. The normalized spacial score (nSPS) is 15.0. The first kappa shape index (κ1) is 16.9. The molecule has 126 valence electrons. The Morgan fingerprint density at radius 1 is 0.880 bits per heavy atom. The van der Waals surface area contributed by atoms with Crippen molar-refractivity contribution in [1.29, 1.82) is 0 Å². The van der Waals surface area contributed by atoms with Crippen LogP contribution in [0.2, 0.25) is 0 Å². The number of rotatable bonds is 2. The Morgan fingerprint density at radius 2 is 1.60 bits per heavy atom. The van der Waals surface area contributed by atoms with Crippen LogP contribution in [0.25, 0.3) is 0 Å². The molecule has 0 saturated carbocycles. The Labute approximate surface area is 151 Å². The van der Waals surface area contributed by atoms with E-state index in [0.717, 1.165) is 28.2 Å². The Bertz CT molecular complexity index is 1000. The molecule has 0 unspecified atom stereocenters. The van der Waals surface area contributed by atoms with Crippen molar-refractivity contribution in [2.24, 2.45) is 29.3 Å². The first-order chi connectivity index (χ1) is 11.7. The molecule has 2 aromatic carbocycles. The molecule has 4 rings (SSSR count). The minimum absolute atomic E-state index is 0. The van der Waals surface area contributed by atoms with Crippen molar-refractivity contribution in [2.45, 2.75) is 0 Å². The van der Waals surface area contributed by atoms with Gasteiger partial charge in [-0.05, 0) is 6.07 Å². The van der Waals surface area contributed by atoms with Crippen molar-refractivity contribution in [3.8, 4) is 0 Å². The largest absolute Gasteiger partial charge is 0.302 e. The van der Waals surface area contributed by atoms with Gasteiger partial charge in [0.25, 0.3) is 0 Å². The lowest BCUT2D eigenvalue weighted by Crippen LogP contribution is -2.22. The minimum atomic E-state index is 0. The fourth-order valence-corrected chi connectivity index (χ4v) is 2.69. The standard InChI is InChI=1S/C18H16N6.ClH/c1-23-12-19-24(2)18(23)22-21-17-14-10-6-7-11-15(14)20-16(17)13-8-4-3-5-9-13;/h3-12H,1-2H3;1H. The van der Waals surface area contributed by atoms with Crippen molar-refractivity contribution in [3.05, 3.63) is 77.7 Å². The van der Waals surface area contributed by atoms with E-state index < -0.39 is 0 Å². The third kappa shape index (κ3) is 3.04. The van der Waals surface area contributed by atoms with Crippen LogP contribution in [0.3, 0.4) is 0 Å². The molecule has 25 heavy (non-hydrogen) atoms. The first-order valence-electron chi connectivity index (χ1n) is 7.64. The SMILES string of the molecule is Cl.Cn1cnn(C)c1=NN=C1C(c2ccccc2)=Nc2ccccc21. The van der Waals surface area contributed by atoms with Gasteiger partial charge in [-0.2, -0.15) is 5.10 Å². The maximum Gasteiger partial charge on any atom is 0.246 e. The van der Waals surface area contributed by atoms with Crippen molar-refractivity contribution in [1.82, 2.24) is 14.3 Å². The zero-order valence-electron chi connectivity index (χ0n) is 13.9. The molecule has 1 aliphatic heterocycles. The predicted octanol–water partition coefficient (Wildman–Crippen LogP) is 2.62. The molecule has 6 nitrogen and oxygen atoms in total. The van der Waals surface area contributed by atoms with Crippen molar-refractivity contribution < 1.29 is 0 Å². The van der Waals surface area contributed by atoms with Gasteiger partial charge in [-0.25, -0.2) is 9.67 Å². The highest BCUT2D eigenvalue weighted by Crippen LogP contribution is 2.29. The van der Waals surface area contributed by atoms with E-state index in [0.29, 0.717) is 5.62 Å². The van der Waals surface area contributed by atoms with E-state index in [1.807, 2.05) is 73.3 Å². The number of para-hydroxylation sites is 1. The van der Waals surface area contributed by atoms with Crippen molar-refractivity contribution in [3.63, 3.8) is 0 Å². The number of hydrogen-bond donors (Lipinski definition) is 0. The summed E-state index contributed by atoms with van der Waals surface area (Å²) in [6.45, 7) is 0. The maximum absolute atomic E-state index is 4.74. The average Bonchev–Trinajstić information content (AvgIpc) is 3.14. The summed E-state index contributed by atoms with van der Waals surface area (Å²) >= 11 is 0. The van der Waals surface area contributed by atoms with Crippen LogP contribution >= 0.6 is 12.4 Å². The van der Waals surface area contributed by atoms with E-state index in [9.17, 15) is 0 Å². The van der Waals surface area contributed by atoms with Crippen molar-refractivity contribution >= 4 is 29.5 Å². The number of hydrogen-bond acceptors (Lipinski definition) is 4. The summed E-state index contributed by atoms with van der Waals surface area (Å²) in [5, 5.41) is 13.1. The molecule has 2 heterocycles. The lowest BCUT2D eigenvalue weighted by atomic mass is 10.0. The highest BCUT2D eigenvalue weighted by atomic mass is 35.5. The minimum Gasteiger partial charge on any atom is -0.302 e. The molecule has 0 spiro atoms. The highest BCUT2D eigenvalue weighted by Gasteiger charge is 2.23. The molecule has 0 amide bonds. The second-order valence-electron chi connectivity index (χ2n) is 5.56. The van der Waals surface area contributed by atoms with E-state index in [-0.39, 0.29) is 12.4 Å². The van der Waals surface area contributed by atoms with Crippen LogP contribution < -0.4 is 5.62 Å². The zero-order chi connectivity index (χ0) is 16.5. The van der Waals surface area contributed by atoms with Gasteiger partial charge < -0.3 is 4.57 Å². The summed E-state index contributed by atoms with van der Waals surface area (Å²) in [5.74, 6) is 0. The van der Waals surface area contributed by atoms with E-state index in [2.05, 4.69) is 15.3 Å². The highest BCUT2D eigenvalue weighted by molar-refractivity contribution is 6.56. The predicted molar refractivity (Wildman–Crippen MR) is 101 cm³/mol. The molecule has 1 aromatic heterocycles. The third-order valence-corrected chi connectivity index (χ3v) is 3.91. The molecule has 0 aliphatic carbocycles. The molecular formula is C18H17ClN6.